The van der Waals surface area contributed by atoms with E-state index in [0.717, 1.165) is 17.2 Å². The molecule has 8 nitrogen and oxygen atoms in total. The van der Waals surface area contributed by atoms with Gasteiger partial charge in [0.25, 0.3) is 11.8 Å². The molecule has 0 aliphatic rings. The highest BCUT2D eigenvalue weighted by molar-refractivity contribution is 6.30. The van der Waals surface area contributed by atoms with Gasteiger partial charge >= 0.3 is 5.97 Å². The van der Waals surface area contributed by atoms with E-state index in [9.17, 15) is 19.1 Å². The topological polar surface area (TPSA) is 111 Å². The highest BCUT2D eigenvalue weighted by Gasteiger charge is 2.38. The number of hydrogen-bond donors (Lipinski definition) is 2. The van der Waals surface area contributed by atoms with Crippen molar-refractivity contribution < 1.29 is 33.1 Å². The number of halogens is 2. The van der Waals surface area contributed by atoms with Crippen molar-refractivity contribution in [3.8, 4) is 17.0 Å². The molecule has 1 aromatic heterocycles. The quantitative estimate of drug-likeness (QED) is 0.173. The van der Waals surface area contributed by atoms with Crippen molar-refractivity contribution in [3.05, 3.63) is 107 Å². The second-order valence-electron chi connectivity index (χ2n) is 10.3. The highest BCUT2D eigenvalue weighted by Crippen LogP contribution is 2.32. The first-order chi connectivity index (χ1) is 20.2. The first-order valence-corrected chi connectivity index (χ1v) is 13.8. The molecule has 0 unspecified atom stereocenters. The lowest BCUT2D eigenvalue weighted by Gasteiger charge is -2.32. The van der Waals surface area contributed by atoms with Crippen molar-refractivity contribution in [1.29, 1.82) is 0 Å². The van der Waals surface area contributed by atoms with E-state index < -0.39 is 35.0 Å². The number of methoxy groups -OCH3 is 1. The number of nitrogens with one attached hydrogen (secondary N) is 1. The SMILES string of the molecule is COCC[C@](C)(C[C@@H](Cc1ccc(-c2cc(Cl)ccc2F)cc1)NC(=O)c1cc(O)no1)C(=O)OCc1ccccc1. The summed E-state index contributed by atoms with van der Waals surface area (Å²) in [7, 11) is 1.55. The Morgan fingerprint density at radius 2 is 1.81 bits per heavy atom. The summed E-state index contributed by atoms with van der Waals surface area (Å²) in [6.07, 6.45) is 0.888. The molecule has 42 heavy (non-hydrogen) atoms. The van der Waals surface area contributed by atoms with Gasteiger partial charge in [0.2, 0.25) is 5.76 Å². The molecule has 0 saturated heterocycles. The zero-order valence-electron chi connectivity index (χ0n) is 23.3. The normalized spacial score (nSPS) is 13.2. The molecule has 0 aliphatic carbocycles. The van der Waals surface area contributed by atoms with Gasteiger partial charge in [0.15, 0.2) is 0 Å². The molecule has 0 spiro atoms. The monoisotopic (exact) mass is 594 g/mol. The number of hydrogen-bond acceptors (Lipinski definition) is 7. The van der Waals surface area contributed by atoms with Gasteiger partial charge in [-0.15, -0.1) is 0 Å². The second kappa shape index (κ2) is 14.1. The molecule has 2 atom stereocenters. The minimum atomic E-state index is -1.02. The number of aromatic nitrogens is 1. The van der Waals surface area contributed by atoms with E-state index in [4.69, 9.17) is 25.6 Å². The van der Waals surface area contributed by atoms with Crippen LogP contribution in [0.5, 0.6) is 5.88 Å². The summed E-state index contributed by atoms with van der Waals surface area (Å²) in [6.45, 7) is 2.19. The third-order valence-corrected chi connectivity index (χ3v) is 7.23. The molecule has 0 aliphatic heterocycles. The minimum Gasteiger partial charge on any atom is -0.491 e. The van der Waals surface area contributed by atoms with Crippen molar-refractivity contribution in [3.63, 3.8) is 0 Å². The van der Waals surface area contributed by atoms with Gasteiger partial charge in [-0.3, -0.25) is 9.59 Å². The summed E-state index contributed by atoms with van der Waals surface area (Å²) in [5, 5.41) is 16.2. The number of benzene rings is 3. The van der Waals surface area contributed by atoms with Crippen molar-refractivity contribution in [1.82, 2.24) is 10.5 Å². The van der Waals surface area contributed by atoms with Crippen LogP contribution in [0.2, 0.25) is 5.02 Å². The summed E-state index contributed by atoms with van der Waals surface area (Å²) in [6, 6.07) is 21.5. The maximum atomic E-state index is 14.4. The van der Waals surface area contributed by atoms with Crippen LogP contribution in [0.4, 0.5) is 4.39 Å². The van der Waals surface area contributed by atoms with Crippen LogP contribution in [0, 0.1) is 11.2 Å². The van der Waals surface area contributed by atoms with E-state index in [1.807, 2.05) is 42.5 Å². The van der Waals surface area contributed by atoms with Crippen LogP contribution in [-0.2, 0) is 27.3 Å². The van der Waals surface area contributed by atoms with Gasteiger partial charge < -0.3 is 24.4 Å². The van der Waals surface area contributed by atoms with E-state index in [0.29, 0.717) is 35.6 Å². The van der Waals surface area contributed by atoms with E-state index >= 15 is 0 Å². The lowest BCUT2D eigenvalue weighted by Crippen LogP contribution is -2.43. The summed E-state index contributed by atoms with van der Waals surface area (Å²) in [4.78, 5) is 26.5. The average molecular weight is 595 g/mol. The molecule has 4 aromatic rings. The lowest BCUT2D eigenvalue weighted by atomic mass is 9.79. The molecule has 0 bridgehead atoms. The number of carbonyl (C=O) groups is 2. The fourth-order valence-electron chi connectivity index (χ4n) is 4.68. The van der Waals surface area contributed by atoms with Gasteiger partial charge in [-0.05, 0) is 66.2 Å². The van der Waals surface area contributed by atoms with Crippen LogP contribution in [0.3, 0.4) is 0 Å². The molecule has 10 heteroatoms. The third kappa shape index (κ3) is 8.18. The summed E-state index contributed by atoms with van der Waals surface area (Å²) in [5.74, 6) is -2.01. The molecular formula is C32H32ClFN2O6. The zero-order valence-corrected chi connectivity index (χ0v) is 24.1. The fourth-order valence-corrected chi connectivity index (χ4v) is 4.86. The van der Waals surface area contributed by atoms with E-state index in [1.54, 1.807) is 32.2 Å². The molecule has 2 N–H and O–H groups in total. The Morgan fingerprint density at radius 3 is 2.48 bits per heavy atom. The largest absolute Gasteiger partial charge is 0.491 e. The molecule has 0 fully saturated rings. The zero-order chi connectivity index (χ0) is 30.1. The van der Waals surface area contributed by atoms with E-state index in [-0.39, 0.29) is 18.8 Å². The van der Waals surface area contributed by atoms with Crippen LogP contribution in [0.25, 0.3) is 11.1 Å². The Balaban J connectivity index is 1.57. The Morgan fingerprint density at radius 1 is 1.07 bits per heavy atom. The predicted molar refractivity (Wildman–Crippen MR) is 155 cm³/mol. The third-order valence-electron chi connectivity index (χ3n) is 6.99. The fraction of sp³-hybridized carbons (Fsp3) is 0.281. The first kappa shape index (κ1) is 30.7. The molecule has 4 rings (SSSR count). The molecule has 0 saturated carbocycles. The molecule has 1 heterocycles. The Bertz CT molecular complexity index is 1490. The van der Waals surface area contributed by atoms with Crippen LogP contribution in [-0.4, -0.2) is 41.9 Å². The van der Waals surface area contributed by atoms with Crippen molar-refractivity contribution in [2.75, 3.05) is 13.7 Å². The van der Waals surface area contributed by atoms with Gasteiger partial charge in [-0.1, -0.05) is 66.2 Å². The Kier molecular flexibility index (Phi) is 10.3. The molecule has 1 amide bonds. The maximum absolute atomic E-state index is 14.4. The predicted octanol–water partition coefficient (Wildman–Crippen LogP) is 6.36. The molecule has 0 radical (unpaired) electrons. The van der Waals surface area contributed by atoms with Gasteiger partial charge in [0.1, 0.15) is 12.4 Å². The molecule has 220 valence electrons. The maximum Gasteiger partial charge on any atom is 0.312 e. The van der Waals surface area contributed by atoms with Gasteiger partial charge in [-0.2, -0.15) is 0 Å². The average Bonchev–Trinajstić information content (AvgIpc) is 3.43. The lowest BCUT2D eigenvalue weighted by molar-refractivity contribution is -0.158. The number of aromatic hydroxyl groups is 1. The van der Waals surface area contributed by atoms with Gasteiger partial charge in [-0.25, -0.2) is 4.39 Å². The van der Waals surface area contributed by atoms with Gasteiger partial charge in [0, 0.05) is 30.3 Å². The number of ether oxygens (including phenoxy) is 2. The second-order valence-corrected chi connectivity index (χ2v) is 10.8. The number of rotatable bonds is 13. The number of nitrogens with zero attached hydrogens (tertiary/aromatic N) is 1. The Hall–Kier alpha value is -4.21. The number of carbonyl (C=O) groups excluding carboxylic acids is 2. The Labute approximate surface area is 248 Å². The standard InChI is InChI=1S/C32H32ClFN2O6/c1-32(14-15-40-2,31(39)41-20-22-6-4-3-5-7-22)19-25(35-30(38)28-18-29(37)36-42-28)16-21-8-10-23(11-9-21)26-17-24(33)12-13-27(26)34/h3-13,17-18,25H,14-16,19-20H2,1-2H3,(H,35,38)(H,36,37)/t25-,32-/m1/s1. The van der Waals surface area contributed by atoms with Crippen LogP contribution in [0.1, 0.15) is 41.4 Å². The molecular weight excluding hydrogens is 563 g/mol. The van der Waals surface area contributed by atoms with Crippen LogP contribution in [0.15, 0.2) is 83.4 Å². The summed E-state index contributed by atoms with van der Waals surface area (Å²) in [5.41, 5.74) is 1.68. The molecule has 3 aromatic carbocycles. The van der Waals surface area contributed by atoms with E-state index in [2.05, 4.69) is 10.5 Å². The van der Waals surface area contributed by atoms with Crippen molar-refractivity contribution >= 4 is 23.5 Å². The highest BCUT2D eigenvalue weighted by atomic mass is 35.5. The van der Waals surface area contributed by atoms with Crippen LogP contribution < -0.4 is 5.32 Å². The first-order valence-electron chi connectivity index (χ1n) is 13.4. The van der Waals surface area contributed by atoms with Crippen molar-refractivity contribution in [2.45, 2.75) is 38.8 Å². The van der Waals surface area contributed by atoms with Crippen molar-refractivity contribution in [2.24, 2.45) is 5.41 Å². The van der Waals surface area contributed by atoms with Crippen LogP contribution >= 0.6 is 11.6 Å². The van der Waals surface area contributed by atoms with Gasteiger partial charge in [0.05, 0.1) is 11.5 Å². The summed E-state index contributed by atoms with van der Waals surface area (Å²) >= 11 is 6.07. The minimum absolute atomic E-state index is 0.109. The number of esters is 1. The summed E-state index contributed by atoms with van der Waals surface area (Å²) < 4.78 is 30.3. The number of amides is 1. The van der Waals surface area contributed by atoms with E-state index in [1.165, 1.54) is 12.1 Å². The smallest absolute Gasteiger partial charge is 0.312 e.